The Morgan fingerprint density at radius 3 is 3.33 bits per heavy atom. The van der Waals surface area contributed by atoms with Crippen molar-refractivity contribution in [2.24, 2.45) is 0 Å². The molecule has 1 aliphatic heterocycles. The van der Waals surface area contributed by atoms with E-state index in [1.807, 2.05) is 12.4 Å². The van der Waals surface area contributed by atoms with Gasteiger partial charge >= 0.3 is 0 Å². The van der Waals surface area contributed by atoms with Gasteiger partial charge in [-0.15, -0.1) is 0 Å². The van der Waals surface area contributed by atoms with Crippen molar-refractivity contribution in [2.75, 3.05) is 6.54 Å². The predicted octanol–water partition coefficient (Wildman–Crippen LogP) is -0.798. The first-order valence-electron chi connectivity index (χ1n) is 3.89. The van der Waals surface area contributed by atoms with Gasteiger partial charge in [0.2, 0.25) is 0 Å². The van der Waals surface area contributed by atoms with Crippen molar-refractivity contribution in [2.45, 2.75) is 6.42 Å². The van der Waals surface area contributed by atoms with E-state index < -0.39 is 0 Å². The Balaban J connectivity index is 2.62. The second-order valence-electron chi connectivity index (χ2n) is 2.73. The standard InChI is InChI=1S/C9H9N3/c10-3-1-7-5-12-9-2-4-11-6-8(7)9/h2,5-6,11-12H,1,4H2. The zero-order valence-electron chi connectivity index (χ0n) is 6.59. The Hall–Kier alpha value is -1.69. The fourth-order valence-corrected chi connectivity index (χ4v) is 1.39. The maximum atomic E-state index is 8.53. The predicted molar refractivity (Wildman–Crippen MR) is 46.3 cm³/mol. The maximum Gasteiger partial charge on any atom is 0.0670 e. The van der Waals surface area contributed by atoms with Crippen LogP contribution < -0.4 is 15.9 Å². The maximum absolute atomic E-state index is 8.53. The van der Waals surface area contributed by atoms with Gasteiger partial charge < -0.3 is 10.3 Å². The van der Waals surface area contributed by atoms with Crippen molar-refractivity contribution in [1.82, 2.24) is 10.3 Å². The number of rotatable bonds is 1. The third kappa shape index (κ3) is 0.978. The first-order chi connectivity index (χ1) is 5.92. The van der Waals surface area contributed by atoms with Gasteiger partial charge in [0.05, 0.1) is 12.5 Å². The quantitative estimate of drug-likeness (QED) is 0.564. The van der Waals surface area contributed by atoms with E-state index >= 15 is 0 Å². The monoisotopic (exact) mass is 159 g/mol. The number of H-pyrrole nitrogens is 1. The van der Waals surface area contributed by atoms with Crippen LogP contribution in [0, 0.1) is 11.3 Å². The number of nitrogens with one attached hydrogen (secondary N) is 2. The van der Waals surface area contributed by atoms with Gasteiger partial charge in [-0.2, -0.15) is 5.26 Å². The minimum Gasteiger partial charge on any atom is -0.387 e. The van der Waals surface area contributed by atoms with Crippen LogP contribution in [0.3, 0.4) is 0 Å². The van der Waals surface area contributed by atoms with Crippen LogP contribution in [0.1, 0.15) is 5.56 Å². The Labute approximate surface area is 70.0 Å². The Kier molecular flexibility index (Phi) is 1.60. The lowest BCUT2D eigenvalue weighted by Crippen LogP contribution is -2.33. The highest BCUT2D eigenvalue weighted by Crippen LogP contribution is 1.87. The number of hydrogen-bond acceptors (Lipinski definition) is 2. The molecule has 1 aromatic heterocycles. The molecule has 3 nitrogen and oxygen atoms in total. The molecule has 2 rings (SSSR count). The van der Waals surface area contributed by atoms with E-state index in [9.17, 15) is 0 Å². The smallest absolute Gasteiger partial charge is 0.0670 e. The molecule has 0 radical (unpaired) electrons. The molecule has 12 heavy (non-hydrogen) atoms. The highest BCUT2D eigenvalue weighted by Gasteiger charge is 2.00. The van der Waals surface area contributed by atoms with Gasteiger partial charge in [0.25, 0.3) is 0 Å². The Morgan fingerprint density at radius 2 is 2.50 bits per heavy atom. The largest absolute Gasteiger partial charge is 0.387 e. The Bertz CT molecular complexity index is 433. The zero-order valence-corrected chi connectivity index (χ0v) is 6.59. The second kappa shape index (κ2) is 2.74. The van der Waals surface area contributed by atoms with Crippen LogP contribution in [-0.2, 0) is 6.42 Å². The van der Waals surface area contributed by atoms with E-state index in [-0.39, 0.29) is 0 Å². The van der Waals surface area contributed by atoms with Crippen molar-refractivity contribution in [1.29, 1.82) is 5.26 Å². The topological polar surface area (TPSA) is 51.6 Å². The molecule has 60 valence electrons. The molecule has 0 amide bonds. The van der Waals surface area contributed by atoms with Crippen LogP contribution in [0.4, 0.5) is 0 Å². The average molecular weight is 159 g/mol. The molecule has 2 heterocycles. The summed E-state index contributed by atoms with van der Waals surface area (Å²) in [5, 5.41) is 13.9. The summed E-state index contributed by atoms with van der Waals surface area (Å²) in [6.45, 7) is 0.861. The van der Waals surface area contributed by atoms with Gasteiger partial charge in [-0.1, -0.05) is 0 Å². The first-order valence-corrected chi connectivity index (χ1v) is 3.89. The molecule has 0 atom stereocenters. The van der Waals surface area contributed by atoms with Gasteiger partial charge in [0.1, 0.15) is 0 Å². The van der Waals surface area contributed by atoms with Crippen molar-refractivity contribution in [3.63, 3.8) is 0 Å². The number of fused-ring (bicyclic) bond motifs is 1. The lowest BCUT2D eigenvalue weighted by Gasteiger charge is -1.98. The zero-order chi connectivity index (χ0) is 8.39. The molecular weight excluding hydrogens is 150 g/mol. The minimum atomic E-state index is 0.470. The molecule has 0 saturated carbocycles. The van der Waals surface area contributed by atoms with Gasteiger partial charge in [0, 0.05) is 29.5 Å². The van der Waals surface area contributed by atoms with Crippen molar-refractivity contribution in [3.8, 4) is 6.07 Å². The third-order valence-corrected chi connectivity index (χ3v) is 1.98. The lowest BCUT2D eigenvalue weighted by molar-refractivity contribution is 1.04. The van der Waals surface area contributed by atoms with E-state index in [1.54, 1.807) is 0 Å². The molecule has 3 heteroatoms. The molecule has 0 spiro atoms. The highest BCUT2D eigenvalue weighted by atomic mass is 14.8. The van der Waals surface area contributed by atoms with E-state index in [1.165, 1.54) is 0 Å². The van der Waals surface area contributed by atoms with Crippen LogP contribution in [-0.4, -0.2) is 11.5 Å². The van der Waals surface area contributed by atoms with E-state index in [0.29, 0.717) is 6.42 Å². The highest BCUT2D eigenvalue weighted by molar-refractivity contribution is 5.39. The molecular formula is C9H9N3. The Morgan fingerprint density at radius 1 is 1.58 bits per heavy atom. The molecule has 0 bridgehead atoms. The van der Waals surface area contributed by atoms with Crippen LogP contribution in [0.2, 0.25) is 0 Å². The van der Waals surface area contributed by atoms with Crippen LogP contribution in [0.15, 0.2) is 6.20 Å². The number of hydrogen-bond donors (Lipinski definition) is 2. The normalized spacial score (nSPS) is 13.2. The summed E-state index contributed by atoms with van der Waals surface area (Å²) >= 11 is 0. The fraction of sp³-hybridized carbons (Fsp3) is 0.222. The number of aromatic nitrogens is 1. The van der Waals surface area contributed by atoms with Crippen LogP contribution >= 0.6 is 0 Å². The molecule has 0 unspecified atom stereocenters. The number of nitrogens with zero attached hydrogens (tertiary/aromatic N) is 1. The summed E-state index contributed by atoms with van der Waals surface area (Å²) in [6, 6.07) is 2.14. The summed E-state index contributed by atoms with van der Waals surface area (Å²) in [7, 11) is 0. The fourth-order valence-electron chi connectivity index (χ4n) is 1.39. The van der Waals surface area contributed by atoms with Gasteiger partial charge in [-0.3, -0.25) is 0 Å². The molecule has 0 aromatic carbocycles. The summed E-state index contributed by atoms with van der Waals surface area (Å²) in [4.78, 5) is 3.13. The lowest BCUT2D eigenvalue weighted by atomic mass is 10.2. The summed E-state index contributed by atoms with van der Waals surface area (Å²) in [5.41, 5.74) is 1.07. The van der Waals surface area contributed by atoms with Gasteiger partial charge in [-0.25, -0.2) is 0 Å². The van der Waals surface area contributed by atoms with Crippen LogP contribution in [0.25, 0.3) is 12.3 Å². The molecule has 1 aliphatic rings. The van der Waals surface area contributed by atoms with Crippen LogP contribution in [0.5, 0.6) is 0 Å². The molecule has 2 N–H and O–H groups in total. The van der Waals surface area contributed by atoms with Crippen molar-refractivity contribution >= 4 is 12.3 Å². The average Bonchev–Trinajstić information content (AvgIpc) is 2.50. The van der Waals surface area contributed by atoms with Crippen molar-refractivity contribution < 1.29 is 0 Å². The van der Waals surface area contributed by atoms with E-state index in [2.05, 4.69) is 22.4 Å². The minimum absolute atomic E-state index is 0.470. The summed E-state index contributed by atoms with van der Waals surface area (Å²) in [6.07, 6.45) is 6.40. The SMILES string of the molecule is N#CCc1c[nH]c2c1=CNCC=2. The van der Waals surface area contributed by atoms with Gasteiger partial charge in [0.15, 0.2) is 0 Å². The molecule has 0 fully saturated rings. The van der Waals surface area contributed by atoms with Gasteiger partial charge in [-0.05, 0) is 11.6 Å². The van der Waals surface area contributed by atoms with E-state index in [4.69, 9.17) is 5.26 Å². The molecule has 0 aliphatic carbocycles. The molecule has 1 aromatic rings. The van der Waals surface area contributed by atoms with E-state index in [0.717, 1.165) is 22.7 Å². The molecule has 0 saturated heterocycles. The summed E-state index contributed by atoms with van der Waals surface area (Å²) in [5.74, 6) is 0. The van der Waals surface area contributed by atoms with Crippen molar-refractivity contribution in [3.05, 3.63) is 22.3 Å². The number of nitriles is 1. The first kappa shape index (κ1) is 6.99. The number of aromatic amines is 1. The third-order valence-electron chi connectivity index (χ3n) is 1.98. The second-order valence-corrected chi connectivity index (χ2v) is 2.73. The summed E-state index contributed by atoms with van der Waals surface area (Å²) < 4.78 is 0.